The summed E-state index contributed by atoms with van der Waals surface area (Å²) in [6, 6.07) is 45.5. The number of benzene rings is 5. The Bertz CT molecular complexity index is 1610. The largest absolute Gasteiger partial charge is 0.505 e. The second-order valence-corrected chi connectivity index (χ2v) is 11.4. The van der Waals surface area contributed by atoms with Crippen molar-refractivity contribution in [2.45, 2.75) is 13.8 Å². The molecule has 1 unspecified atom stereocenters. The average Bonchev–Trinajstić information content (AvgIpc) is 3.17. The Morgan fingerprint density at radius 1 is 0.541 bits per heavy atom. The van der Waals surface area contributed by atoms with E-state index in [1.54, 1.807) is 0 Å². The van der Waals surface area contributed by atoms with E-state index < -0.39 is 6.28 Å². The molecule has 0 saturated carbocycles. The standard InChI is InChI=1S/C35H34BN/c1-26-14-18-29(19-15-26)34-25-37(3,4)36(32-12-6-5-7-13-32,33-22-16-27(2)17-23-33)35(34)31-21-20-28-10-8-9-11-30(28)24-31/h5-24H,25H2,1-4H3. The van der Waals surface area contributed by atoms with E-state index in [1.807, 2.05) is 0 Å². The first kappa shape index (κ1) is 23.5. The number of rotatable bonds is 4. The molecule has 0 spiro atoms. The highest BCUT2D eigenvalue weighted by atomic mass is 15.3. The van der Waals surface area contributed by atoms with Crippen LogP contribution in [0.5, 0.6) is 0 Å². The number of quaternary nitrogens is 1. The molecule has 0 amide bonds. The highest BCUT2D eigenvalue weighted by molar-refractivity contribution is 7.11. The lowest BCUT2D eigenvalue weighted by Crippen LogP contribution is -2.75. The summed E-state index contributed by atoms with van der Waals surface area (Å²) in [7, 11) is 4.85. The third-order valence-electron chi connectivity index (χ3n) is 8.66. The van der Waals surface area contributed by atoms with Crippen LogP contribution in [-0.4, -0.2) is 31.3 Å². The van der Waals surface area contributed by atoms with Crippen LogP contribution in [0.4, 0.5) is 0 Å². The van der Waals surface area contributed by atoms with Gasteiger partial charge in [-0.1, -0.05) is 132 Å². The zero-order chi connectivity index (χ0) is 25.6. The normalized spacial score (nSPS) is 18.9. The van der Waals surface area contributed by atoms with Crippen LogP contribution >= 0.6 is 0 Å². The lowest BCUT2D eigenvalue weighted by molar-refractivity contribution is -0.774. The molecule has 0 bridgehead atoms. The van der Waals surface area contributed by atoms with E-state index in [2.05, 4.69) is 149 Å². The number of likely N-dealkylation sites (N-methyl/N-ethyl adjacent to an activating group) is 1. The van der Waals surface area contributed by atoms with E-state index in [0.29, 0.717) is 0 Å². The molecule has 0 aromatic heterocycles. The van der Waals surface area contributed by atoms with Crippen molar-refractivity contribution in [3.05, 3.63) is 144 Å². The van der Waals surface area contributed by atoms with Gasteiger partial charge in [-0.25, -0.2) is 0 Å². The van der Waals surface area contributed by atoms with Crippen molar-refractivity contribution in [1.29, 1.82) is 0 Å². The number of hydrogen-bond donors (Lipinski definition) is 0. The highest BCUT2D eigenvalue weighted by Gasteiger charge is 2.53. The molecule has 0 N–H and O–H groups in total. The molecule has 5 aromatic rings. The Hall–Kier alpha value is -3.88. The maximum atomic E-state index is 2.43. The Morgan fingerprint density at radius 2 is 1.08 bits per heavy atom. The van der Waals surface area contributed by atoms with E-state index >= 15 is 0 Å². The van der Waals surface area contributed by atoms with Gasteiger partial charge in [0.15, 0.2) is 0 Å². The van der Waals surface area contributed by atoms with Crippen molar-refractivity contribution in [1.82, 2.24) is 0 Å². The maximum absolute atomic E-state index is 2.43. The van der Waals surface area contributed by atoms with Gasteiger partial charge >= 0.3 is 0 Å². The molecule has 37 heavy (non-hydrogen) atoms. The number of nitrogens with zero attached hydrogens (tertiary/aromatic N) is 1. The van der Waals surface area contributed by atoms with Gasteiger partial charge in [0.05, 0.1) is 6.54 Å². The van der Waals surface area contributed by atoms with Gasteiger partial charge in [0.1, 0.15) is 0 Å². The predicted molar refractivity (Wildman–Crippen MR) is 162 cm³/mol. The molecule has 1 aliphatic heterocycles. The lowest BCUT2D eigenvalue weighted by Gasteiger charge is -2.53. The van der Waals surface area contributed by atoms with Crippen LogP contribution in [0, 0.1) is 13.8 Å². The molecular weight excluding hydrogens is 445 g/mol. The van der Waals surface area contributed by atoms with E-state index in [-0.39, 0.29) is 0 Å². The third kappa shape index (κ3) is 3.75. The first-order chi connectivity index (χ1) is 17.9. The summed E-state index contributed by atoms with van der Waals surface area (Å²) in [4.78, 5) is 0. The van der Waals surface area contributed by atoms with E-state index in [1.165, 1.54) is 55.0 Å². The van der Waals surface area contributed by atoms with Gasteiger partial charge in [0.25, 0.3) is 6.28 Å². The Labute approximate surface area is 221 Å². The minimum Gasteiger partial charge on any atom is -0.505 e. The fraction of sp³-hybridized carbons (Fsp3) is 0.143. The molecule has 1 heterocycles. The third-order valence-corrected chi connectivity index (χ3v) is 8.66. The minimum atomic E-state index is -1.34. The van der Waals surface area contributed by atoms with Crippen molar-refractivity contribution in [2.75, 3.05) is 20.6 Å². The summed E-state index contributed by atoms with van der Waals surface area (Å²) in [5.41, 5.74) is 10.9. The van der Waals surface area contributed by atoms with E-state index in [0.717, 1.165) is 10.9 Å². The van der Waals surface area contributed by atoms with Crippen molar-refractivity contribution >= 4 is 39.0 Å². The van der Waals surface area contributed by atoms with Crippen LogP contribution in [0.3, 0.4) is 0 Å². The van der Waals surface area contributed by atoms with Crippen molar-refractivity contribution in [2.24, 2.45) is 0 Å². The SMILES string of the molecule is Cc1ccc(C2=C(c3ccc4ccccc4c3)[B-](c3ccccc3)(c3ccc(C)cc3)[N+](C)(C)C2)cc1. The minimum absolute atomic E-state index is 0.873. The molecule has 0 radical (unpaired) electrons. The van der Waals surface area contributed by atoms with Crippen molar-refractivity contribution in [3.63, 3.8) is 0 Å². The molecule has 1 aliphatic rings. The summed E-state index contributed by atoms with van der Waals surface area (Å²) < 4.78 is 0.873. The fourth-order valence-electron chi connectivity index (χ4n) is 6.91. The zero-order valence-electron chi connectivity index (χ0n) is 22.3. The zero-order valence-corrected chi connectivity index (χ0v) is 22.3. The van der Waals surface area contributed by atoms with Crippen LogP contribution in [0.1, 0.15) is 22.3 Å². The van der Waals surface area contributed by atoms with Crippen LogP contribution in [0.25, 0.3) is 21.8 Å². The molecule has 0 aliphatic carbocycles. The smallest absolute Gasteiger partial charge is 0.292 e. The van der Waals surface area contributed by atoms with Crippen LogP contribution < -0.4 is 10.9 Å². The molecule has 0 saturated heterocycles. The Kier molecular flexibility index (Phi) is 5.66. The lowest BCUT2D eigenvalue weighted by atomic mass is 9.21. The summed E-state index contributed by atoms with van der Waals surface area (Å²) >= 11 is 0. The first-order valence-corrected chi connectivity index (χ1v) is 13.3. The summed E-state index contributed by atoms with van der Waals surface area (Å²) in [5.74, 6) is 0. The monoisotopic (exact) mass is 479 g/mol. The van der Waals surface area contributed by atoms with Gasteiger partial charge in [-0.05, 0) is 41.8 Å². The van der Waals surface area contributed by atoms with E-state index in [4.69, 9.17) is 0 Å². The molecule has 182 valence electrons. The quantitative estimate of drug-likeness (QED) is 0.250. The fourth-order valence-corrected chi connectivity index (χ4v) is 6.91. The highest BCUT2D eigenvalue weighted by Crippen LogP contribution is 2.45. The molecular formula is C35H34BN. The molecule has 2 heteroatoms. The van der Waals surface area contributed by atoms with Crippen molar-refractivity contribution in [3.8, 4) is 0 Å². The number of aryl methyl sites for hydroxylation is 2. The van der Waals surface area contributed by atoms with Crippen LogP contribution in [0.15, 0.2) is 121 Å². The van der Waals surface area contributed by atoms with Gasteiger partial charge in [-0.15, -0.1) is 16.4 Å². The molecule has 0 fully saturated rings. The first-order valence-electron chi connectivity index (χ1n) is 13.3. The van der Waals surface area contributed by atoms with Gasteiger partial charge < -0.3 is 4.39 Å². The van der Waals surface area contributed by atoms with Gasteiger partial charge in [-0.3, -0.25) is 0 Å². The van der Waals surface area contributed by atoms with Gasteiger partial charge in [0.2, 0.25) is 0 Å². The van der Waals surface area contributed by atoms with Crippen molar-refractivity contribution < 1.29 is 4.39 Å². The molecule has 1 atom stereocenters. The van der Waals surface area contributed by atoms with E-state index in [9.17, 15) is 0 Å². The molecule has 1 nitrogen and oxygen atoms in total. The second kappa shape index (κ2) is 8.90. The predicted octanol–water partition coefficient (Wildman–Crippen LogP) is 6.76. The Morgan fingerprint density at radius 3 is 1.76 bits per heavy atom. The average molecular weight is 479 g/mol. The molecule has 5 aromatic carbocycles. The maximum Gasteiger partial charge on any atom is 0.292 e. The number of hydrogen-bond acceptors (Lipinski definition) is 0. The van der Waals surface area contributed by atoms with Gasteiger partial charge in [0, 0.05) is 14.1 Å². The van der Waals surface area contributed by atoms with Crippen LogP contribution in [0.2, 0.25) is 0 Å². The topological polar surface area (TPSA) is 0 Å². The summed E-state index contributed by atoms with van der Waals surface area (Å²) in [6.07, 6.45) is -1.34. The number of fused-ring (bicyclic) bond motifs is 1. The van der Waals surface area contributed by atoms with Gasteiger partial charge in [-0.2, -0.15) is 0 Å². The second-order valence-electron chi connectivity index (χ2n) is 11.4. The van der Waals surface area contributed by atoms with Crippen LogP contribution in [-0.2, 0) is 0 Å². The Balaban J connectivity index is 1.76. The summed E-state index contributed by atoms with van der Waals surface area (Å²) in [5, 5.41) is 2.57. The molecule has 6 rings (SSSR count). The summed E-state index contributed by atoms with van der Waals surface area (Å²) in [6.45, 7) is 5.31.